The third-order valence-corrected chi connectivity index (χ3v) is 1.08. The molecule has 46 valence electrons. The summed E-state index contributed by atoms with van der Waals surface area (Å²) in [7, 11) is 0. The third kappa shape index (κ3) is 3.25. The molecular formula is C5H10OPt. The van der Waals surface area contributed by atoms with Crippen LogP contribution in [0.15, 0.2) is 0 Å². The van der Waals surface area contributed by atoms with E-state index < -0.39 is 0 Å². The molecule has 0 N–H and O–H groups in total. The first-order valence-corrected chi connectivity index (χ1v) is 2.58. The van der Waals surface area contributed by atoms with Gasteiger partial charge in [-0.2, -0.15) is 0 Å². The normalized spacial score (nSPS) is 20.6. The van der Waals surface area contributed by atoms with Gasteiger partial charge in [-0.1, -0.05) is 0 Å². The summed E-state index contributed by atoms with van der Waals surface area (Å²) >= 11 is 0. The fourth-order valence-electron chi connectivity index (χ4n) is 0.687. The molecule has 0 amide bonds. The first kappa shape index (κ1) is 7.65. The smallest absolute Gasteiger partial charge is 0.0466 e. The summed E-state index contributed by atoms with van der Waals surface area (Å²) in [5, 5.41) is 0. The summed E-state index contributed by atoms with van der Waals surface area (Å²) in [6.07, 6.45) is 3.93. The van der Waals surface area contributed by atoms with Crippen LogP contribution in [0.1, 0.15) is 19.3 Å². The van der Waals surface area contributed by atoms with Gasteiger partial charge in [0.25, 0.3) is 0 Å². The first-order valence-electron chi connectivity index (χ1n) is 2.58. The first-order chi connectivity index (χ1) is 3.00. The largest absolute Gasteiger partial charge is 0.381 e. The van der Waals surface area contributed by atoms with Gasteiger partial charge in [-0.15, -0.1) is 0 Å². The van der Waals surface area contributed by atoms with E-state index in [0.717, 1.165) is 13.2 Å². The van der Waals surface area contributed by atoms with Crippen molar-refractivity contribution in [1.82, 2.24) is 0 Å². The van der Waals surface area contributed by atoms with E-state index in [4.69, 9.17) is 4.74 Å². The summed E-state index contributed by atoms with van der Waals surface area (Å²) in [5.74, 6) is 0. The van der Waals surface area contributed by atoms with Crippen molar-refractivity contribution in [2.75, 3.05) is 13.2 Å². The molecule has 1 saturated heterocycles. The summed E-state index contributed by atoms with van der Waals surface area (Å²) in [5.41, 5.74) is 0. The SMILES string of the molecule is C1CCOCC1.[Pt]. The zero-order valence-corrected chi connectivity index (χ0v) is 6.53. The maximum absolute atomic E-state index is 5.07. The molecule has 0 bridgehead atoms. The van der Waals surface area contributed by atoms with Gasteiger partial charge < -0.3 is 4.74 Å². The average molecular weight is 281 g/mol. The molecule has 1 rings (SSSR count). The molecule has 1 nitrogen and oxygen atoms in total. The van der Waals surface area contributed by atoms with Gasteiger partial charge in [0.05, 0.1) is 0 Å². The van der Waals surface area contributed by atoms with Crippen molar-refractivity contribution in [3.63, 3.8) is 0 Å². The van der Waals surface area contributed by atoms with E-state index in [-0.39, 0.29) is 21.1 Å². The van der Waals surface area contributed by atoms with Crippen LogP contribution in [0.2, 0.25) is 0 Å². The fourth-order valence-corrected chi connectivity index (χ4v) is 0.687. The molecule has 2 heteroatoms. The third-order valence-electron chi connectivity index (χ3n) is 1.08. The van der Waals surface area contributed by atoms with Crippen LogP contribution in [-0.2, 0) is 25.8 Å². The Morgan fingerprint density at radius 3 is 1.57 bits per heavy atom. The predicted octanol–water partition coefficient (Wildman–Crippen LogP) is 1.18. The molecule has 0 radical (unpaired) electrons. The van der Waals surface area contributed by atoms with Crippen LogP contribution in [0.4, 0.5) is 0 Å². The Hall–Kier alpha value is 0.648. The Morgan fingerprint density at radius 2 is 1.43 bits per heavy atom. The molecule has 1 aliphatic rings. The van der Waals surface area contributed by atoms with Crippen LogP contribution >= 0.6 is 0 Å². The molecule has 0 unspecified atom stereocenters. The van der Waals surface area contributed by atoms with Crippen molar-refractivity contribution in [2.45, 2.75) is 19.3 Å². The average Bonchev–Trinajstić information content (AvgIpc) is 1.72. The summed E-state index contributed by atoms with van der Waals surface area (Å²) in [4.78, 5) is 0. The maximum Gasteiger partial charge on any atom is 0.0466 e. The van der Waals surface area contributed by atoms with E-state index >= 15 is 0 Å². The van der Waals surface area contributed by atoms with Gasteiger partial charge in [-0.3, -0.25) is 0 Å². The molecule has 0 aromatic rings. The Bertz CT molecular complexity index is 23.6. The summed E-state index contributed by atoms with van der Waals surface area (Å²) in [6.45, 7) is 2.00. The van der Waals surface area contributed by atoms with Crippen LogP contribution in [0.25, 0.3) is 0 Å². The van der Waals surface area contributed by atoms with Crippen LogP contribution < -0.4 is 0 Å². The van der Waals surface area contributed by atoms with Gasteiger partial charge in [0.15, 0.2) is 0 Å². The minimum absolute atomic E-state index is 0. The van der Waals surface area contributed by atoms with Crippen LogP contribution in [0.3, 0.4) is 0 Å². The van der Waals surface area contributed by atoms with Crippen molar-refractivity contribution in [3.05, 3.63) is 0 Å². The van der Waals surface area contributed by atoms with Gasteiger partial charge in [0.1, 0.15) is 0 Å². The minimum atomic E-state index is 0. The Labute approximate surface area is 58.7 Å². The van der Waals surface area contributed by atoms with Gasteiger partial charge in [-0.05, 0) is 19.3 Å². The molecule has 1 fully saturated rings. The minimum Gasteiger partial charge on any atom is -0.381 e. The van der Waals surface area contributed by atoms with Crippen molar-refractivity contribution < 1.29 is 25.8 Å². The van der Waals surface area contributed by atoms with Crippen LogP contribution in [-0.4, -0.2) is 13.2 Å². The van der Waals surface area contributed by atoms with Crippen molar-refractivity contribution in [3.8, 4) is 0 Å². The van der Waals surface area contributed by atoms with E-state index in [1.54, 1.807) is 0 Å². The quantitative estimate of drug-likeness (QED) is 0.648. The van der Waals surface area contributed by atoms with E-state index in [0.29, 0.717) is 0 Å². The number of ether oxygens (including phenoxy) is 1. The number of rotatable bonds is 0. The van der Waals surface area contributed by atoms with Gasteiger partial charge in [-0.25, -0.2) is 0 Å². The van der Waals surface area contributed by atoms with Crippen LogP contribution in [0, 0.1) is 0 Å². The van der Waals surface area contributed by atoms with Crippen molar-refractivity contribution in [1.29, 1.82) is 0 Å². The van der Waals surface area contributed by atoms with E-state index in [1.165, 1.54) is 19.3 Å². The van der Waals surface area contributed by atoms with Gasteiger partial charge in [0.2, 0.25) is 0 Å². The standard InChI is InChI=1S/C5H10O.Pt/c1-2-4-6-5-3-1;/h1-5H2;. The summed E-state index contributed by atoms with van der Waals surface area (Å²) in [6, 6.07) is 0. The molecular weight excluding hydrogens is 271 g/mol. The second kappa shape index (κ2) is 4.80. The van der Waals surface area contributed by atoms with E-state index in [2.05, 4.69) is 0 Å². The molecule has 0 aliphatic carbocycles. The maximum atomic E-state index is 5.07. The second-order valence-corrected chi connectivity index (χ2v) is 1.67. The monoisotopic (exact) mass is 281 g/mol. The molecule has 1 aliphatic heterocycles. The van der Waals surface area contributed by atoms with Crippen molar-refractivity contribution in [2.24, 2.45) is 0 Å². The Morgan fingerprint density at radius 1 is 0.857 bits per heavy atom. The topological polar surface area (TPSA) is 9.23 Å². The molecule has 0 aromatic heterocycles. The fraction of sp³-hybridized carbons (Fsp3) is 1.00. The Balaban J connectivity index is 0.000000360. The Kier molecular flexibility index (Phi) is 5.24. The number of hydrogen-bond donors (Lipinski definition) is 0. The zero-order chi connectivity index (χ0) is 4.24. The molecule has 0 spiro atoms. The summed E-state index contributed by atoms with van der Waals surface area (Å²) < 4.78 is 5.07. The molecule has 7 heavy (non-hydrogen) atoms. The second-order valence-electron chi connectivity index (χ2n) is 1.67. The van der Waals surface area contributed by atoms with Gasteiger partial charge >= 0.3 is 0 Å². The molecule has 1 heterocycles. The molecule has 0 saturated carbocycles. The van der Waals surface area contributed by atoms with Gasteiger partial charge in [0, 0.05) is 34.3 Å². The molecule has 0 atom stereocenters. The van der Waals surface area contributed by atoms with Crippen molar-refractivity contribution >= 4 is 0 Å². The zero-order valence-electron chi connectivity index (χ0n) is 4.26. The predicted molar refractivity (Wildman–Crippen MR) is 24.7 cm³/mol. The molecule has 0 aromatic carbocycles. The van der Waals surface area contributed by atoms with E-state index in [9.17, 15) is 0 Å². The number of hydrogen-bond acceptors (Lipinski definition) is 1. The van der Waals surface area contributed by atoms with E-state index in [1.807, 2.05) is 0 Å². The van der Waals surface area contributed by atoms with Crippen LogP contribution in [0.5, 0.6) is 0 Å².